The van der Waals surface area contributed by atoms with Gasteiger partial charge in [0.15, 0.2) is 5.82 Å². The van der Waals surface area contributed by atoms with Gasteiger partial charge in [-0.3, -0.25) is 0 Å². The van der Waals surface area contributed by atoms with E-state index in [2.05, 4.69) is 15.3 Å². The number of benzene rings is 2. The summed E-state index contributed by atoms with van der Waals surface area (Å²) >= 11 is 12.3. The Balaban J connectivity index is 1.98. The van der Waals surface area contributed by atoms with E-state index < -0.39 is 0 Å². The fourth-order valence-corrected chi connectivity index (χ4v) is 2.65. The van der Waals surface area contributed by atoms with Gasteiger partial charge in [0.2, 0.25) is 0 Å². The van der Waals surface area contributed by atoms with Crippen LogP contribution in [0.4, 0.5) is 11.5 Å². The van der Waals surface area contributed by atoms with Gasteiger partial charge >= 0.3 is 0 Å². The van der Waals surface area contributed by atoms with Gasteiger partial charge in [0.05, 0.1) is 0 Å². The largest absolute Gasteiger partial charge is 0.340 e. The van der Waals surface area contributed by atoms with Crippen molar-refractivity contribution < 1.29 is 0 Å². The second kappa shape index (κ2) is 6.57. The van der Waals surface area contributed by atoms with Crippen molar-refractivity contribution in [2.75, 3.05) is 5.32 Å². The van der Waals surface area contributed by atoms with Crippen LogP contribution in [0.2, 0.25) is 10.2 Å². The zero-order valence-electron chi connectivity index (χ0n) is 12.8. The molecule has 0 amide bonds. The molecule has 5 heteroatoms. The second-order valence-electron chi connectivity index (χ2n) is 5.31. The van der Waals surface area contributed by atoms with Crippen molar-refractivity contribution in [1.82, 2.24) is 9.97 Å². The normalized spacial score (nSPS) is 10.6. The molecule has 0 aliphatic rings. The molecule has 0 saturated carbocycles. The van der Waals surface area contributed by atoms with Crippen molar-refractivity contribution in [2.24, 2.45) is 0 Å². The first kappa shape index (κ1) is 15.8. The fourth-order valence-electron chi connectivity index (χ4n) is 2.25. The molecule has 0 bridgehead atoms. The number of aromatic nitrogens is 2. The van der Waals surface area contributed by atoms with Gasteiger partial charge in [-0.15, -0.1) is 0 Å². The van der Waals surface area contributed by atoms with Crippen LogP contribution in [-0.4, -0.2) is 9.97 Å². The molecule has 3 aromatic rings. The topological polar surface area (TPSA) is 37.8 Å². The van der Waals surface area contributed by atoms with Gasteiger partial charge in [-0.1, -0.05) is 53.5 Å². The Morgan fingerprint density at radius 1 is 0.870 bits per heavy atom. The van der Waals surface area contributed by atoms with Crippen LogP contribution in [0.1, 0.15) is 11.1 Å². The average molecular weight is 344 g/mol. The molecule has 0 spiro atoms. The lowest BCUT2D eigenvalue weighted by Gasteiger charge is -2.12. The van der Waals surface area contributed by atoms with Crippen LogP contribution in [-0.2, 0) is 0 Å². The molecular weight excluding hydrogens is 329 g/mol. The lowest BCUT2D eigenvalue weighted by Crippen LogP contribution is -1.99. The first-order chi connectivity index (χ1) is 11.0. The molecule has 1 heterocycles. The van der Waals surface area contributed by atoms with Crippen LogP contribution < -0.4 is 5.32 Å². The molecule has 23 heavy (non-hydrogen) atoms. The summed E-state index contributed by atoms with van der Waals surface area (Å²) in [5.74, 6) is 1.23. The van der Waals surface area contributed by atoms with E-state index >= 15 is 0 Å². The van der Waals surface area contributed by atoms with Crippen molar-refractivity contribution in [1.29, 1.82) is 0 Å². The molecule has 0 radical (unpaired) electrons. The van der Waals surface area contributed by atoms with E-state index in [-0.39, 0.29) is 0 Å². The first-order valence-corrected chi connectivity index (χ1v) is 7.92. The zero-order chi connectivity index (χ0) is 16.4. The smallest absolute Gasteiger partial charge is 0.163 e. The Morgan fingerprint density at radius 2 is 1.61 bits per heavy atom. The minimum Gasteiger partial charge on any atom is -0.340 e. The van der Waals surface area contributed by atoms with Crippen LogP contribution in [0.3, 0.4) is 0 Å². The number of nitrogens with one attached hydrogen (secondary N) is 1. The Kier molecular flexibility index (Phi) is 4.51. The molecule has 1 N–H and O–H groups in total. The van der Waals surface area contributed by atoms with E-state index in [0.29, 0.717) is 16.8 Å². The number of anilines is 2. The van der Waals surface area contributed by atoms with Crippen molar-refractivity contribution >= 4 is 34.7 Å². The standard InChI is InChI=1S/C18H15Cl2N3/c1-11-9-15(12(2)8-14(11)19)21-17-10-16(20)22-18(23-17)13-6-4-3-5-7-13/h3-10H,1-2H3,(H,21,22,23). The predicted octanol–water partition coefficient (Wildman–Crippen LogP) is 5.81. The van der Waals surface area contributed by atoms with Crippen LogP contribution in [0.25, 0.3) is 11.4 Å². The van der Waals surface area contributed by atoms with Crippen LogP contribution in [0, 0.1) is 13.8 Å². The monoisotopic (exact) mass is 343 g/mol. The minimum atomic E-state index is 0.393. The van der Waals surface area contributed by atoms with Gasteiger partial charge in [-0.05, 0) is 37.1 Å². The van der Waals surface area contributed by atoms with Gasteiger partial charge in [-0.2, -0.15) is 0 Å². The highest BCUT2D eigenvalue weighted by Crippen LogP contribution is 2.28. The highest BCUT2D eigenvalue weighted by Gasteiger charge is 2.08. The lowest BCUT2D eigenvalue weighted by atomic mass is 10.1. The van der Waals surface area contributed by atoms with Crippen LogP contribution >= 0.6 is 23.2 Å². The summed E-state index contributed by atoms with van der Waals surface area (Å²) in [6.45, 7) is 3.96. The Hall–Kier alpha value is -2.10. The molecule has 2 aromatic carbocycles. The maximum atomic E-state index is 6.15. The maximum absolute atomic E-state index is 6.15. The van der Waals surface area contributed by atoms with Crippen molar-refractivity contribution in [2.45, 2.75) is 13.8 Å². The predicted molar refractivity (Wildman–Crippen MR) is 96.7 cm³/mol. The van der Waals surface area contributed by atoms with Crippen molar-refractivity contribution in [3.05, 3.63) is 69.8 Å². The summed E-state index contributed by atoms with van der Waals surface area (Å²) in [6, 6.07) is 15.4. The highest BCUT2D eigenvalue weighted by molar-refractivity contribution is 6.31. The molecule has 0 fully saturated rings. The highest BCUT2D eigenvalue weighted by atomic mass is 35.5. The quantitative estimate of drug-likeness (QED) is 0.609. The Morgan fingerprint density at radius 3 is 2.35 bits per heavy atom. The third-order valence-corrected chi connectivity index (χ3v) is 4.10. The van der Waals surface area contributed by atoms with Crippen molar-refractivity contribution in [3.8, 4) is 11.4 Å². The second-order valence-corrected chi connectivity index (χ2v) is 6.10. The molecule has 0 saturated heterocycles. The molecule has 0 aliphatic carbocycles. The van der Waals surface area contributed by atoms with Gasteiger partial charge < -0.3 is 5.32 Å². The van der Waals surface area contributed by atoms with E-state index in [9.17, 15) is 0 Å². The van der Waals surface area contributed by atoms with E-state index in [0.717, 1.165) is 27.4 Å². The molecule has 116 valence electrons. The summed E-state index contributed by atoms with van der Waals surface area (Å²) in [5.41, 5.74) is 3.91. The molecule has 0 atom stereocenters. The minimum absolute atomic E-state index is 0.393. The van der Waals surface area contributed by atoms with E-state index in [1.54, 1.807) is 6.07 Å². The number of hydrogen-bond donors (Lipinski definition) is 1. The van der Waals surface area contributed by atoms with E-state index in [1.807, 2.05) is 56.3 Å². The zero-order valence-corrected chi connectivity index (χ0v) is 14.3. The van der Waals surface area contributed by atoms with Crippen molar-refractivity contribution in [3.63, 3.8) is 0 Å². The maximum Gasteiger partial charge on any atom is 0.163 e. The Labute approximate surface area is 145 Å². The third-order valence-electron chi connectivity index (χ3n) is 3.50. The number of aryl methyl sites for hydroxylation is 2. The summed E-state index contributed by atoms with van der Waals surface area (Å²) < 4.78 is 0. The molecule has 0 unspecified atom stereocenters. The molecule has 3 rings (SSSR count). The number of hydrogen-bond acceptors (Lipinski definition) is 3. The van der Waals surface area contributed by atoms with Gasteiger partial charge in [0.25, 0.3) is 0 Å². The average Bonchev–Trinajstić information content (AvgIpc) is 2.53. The number of rotatable bonds is 3. The molecule has 0 aliphatic heterocycles. The number of halogens is 2. The van der Waals surface area contributed by atoms with E-state index in [1.165, 1.54) is 0 Å². The van der Waals surface area contributed by atoms with Gasteiger partial charge in [0.1, 0.15) is 11.0 Å². The summed E-state index contributed by atoms with van der Waals surface area (Å²) in [6.07, 6.45) is 0. The summed E-state index contributed by atoms with van der Waals surface area (Å²) in [4.78, 5) is 8.85. The first-order valence-electron chi connectivity index (χ1n) is 7.17. The Bertz CT molecular complexity index is 848. The van der Waals surface area contributed by atoms with Gasteiger partial charge in [0, 0.05) is 22.3 Å². The van der Waals surface area contributed by atoms with E-state index in [4.69, 9.17) is 23.2 Å². The summed E-state index contributed by atoms with van der Waals surface area (Å²) in [5, 5.41) is 4.44. The number of nitrogens with zero attached hydrogens (tertiary/aromatic N) is 2. The van der Waals surface area contributed by atoms with Crippen LogP contribution in [0.5, 0.6) is 0 Å². The summed E-state index contributed by atoms with van der Waals surface area (Å²) in [7, 11) is 0. The molecular formula is C18H15Cl2N3. The molecule has 3 nitrogen and oxygen atoms in total. The lowest BCUT2D eigenvalue weighted by molar-refractivity contribution is 1.17. The third kappa shape index (κ3) is 3.63. The SMILES string of the molecule is Cc1cc(Nc2cc(Cl)nc(-c3ccccc3)n2)c(C)cc1Cl. The molecule has 1 aromatic heterocycles. The van der Waals surface area contributed by atoms with Crippen LogP contribution in [0.15, 0.2) is 48.5 Å². The van der Waals surface area contributed by atoms with Gasteiger partial charge in [-0.25, -0.2) is 9.97 Å². The fraction of sp³-hybridized carbons (Fsp3) is 0.111.